The van der Waals surface area contributed by atoms with E-state index < -0.39 is 0 Å². The SMILES string of the molecule is CCCONc1nn(OCCC)c(=O)c2cnn(C)c12. The maximum atomic E-state index is 12.2. The summed E-state index contributed by atoms with van der Waals surface area (Å²) in [6.07, 6.45) is 3.15. The molecule has 110 valence electrons. The van der Waals surface area contributed by atoms with Crippen molar-refractivity contribution in [2.45, 2.75) is 26.7 Å². The third kappa shape index (κ3) is 2.74. The summed E-state index contributed by atoms with van der Waals surface area (Å²) >= 11 is 0. The first kappa shape index (κ1) is 14.3. The molecule has 20 heavy (non-hydrogen) atoms. The molecule has 0 radical (unpaired) electrons. The van der Waals surface area contributed by atoms with Crippen molar-refractivity contribution in [2.24, 2.45) is 7.05 Å². The highest BCUT2D eigenvalue weighted by Gasteiger charge is 2.15. The van der Waals surface area contributed by atoms with Crippen LogP contribution in [0.3, 0.4) is 0 Å². The fourth-order valence-corrected chi connectivity index (χ4v) is 1.72. The van der Waals surface area contributed by atoms with Gasteiger partial charge in [0.2, 0.25) is 0 Å². The molecule has 0 amide bonds. The van der Waals surface area contributed by atoms with Gasteiger partial charge in [-0.15, -0.1) is 5.10 Å². The lowest BCUT2D eigenvalue weighted by Gasteiger charge is -2.11. The second-order valence-electron chi connectivity index (χ2n) is 4.34. The van der Waals surface area contributed by atoms with Crippen molar-refractivity contribution in [1.82, 2.24) is 19.7 Å². The maximum absolute atomic E-state index is 12.2. The number of fused-ring (bicyclic) bond motifs is 1. The second-order valence-corrected chi connectivity index (χ2v) is 4.34. The van der Waals surface area contributed by atoms with Gasteiger partial charge in [-0.05, 0) is 12.8 Å². The van der Waals surface area contributed by atoms with Crippen LogP contribution in [0.25, 0.3) is 10.9 Å². The molecule has 0 aliphatic heterocycles. The predicted molar refractivity (Wildman–Crippen MR) is 74.4 cm³/mol. The Bertz CT molecular complexity index is 634. The first-order valence-corrected chi connectivity index (χ1v) is 6.65. The number of anilines is 1. The summed E-state index contributed by atoms with van der Waals surface area (Å²) in [6.45, 7) is 4.90. The van der Waals surface area contributed by atoms with Crippen LogP contribution in [0.15, 0.2) is 11.0 Å². The summed E-state index contributed by atoms with van der Waals surface area (Å²) in [6, 6.07) is 0. The van der Waals surface area contributed by atoms with E-state index in [1.807, 2.05) is 13.8 Å². The normalized spacial score (nSPS) is 10.9. The molecule has 0 saturated heterocycles. The first-order chi connectivity index (χ1) is 9.69. The van der Waals surface area contributed by atoms with E-state index in [-0.39, 0.29) is 5.56 Å². The summed E-state index contributed by atoms with van der Waals surface area (Å²) in [5.41, 5.74) is 3.00. The Morgan fingerprint density at radius 1 is 1.30 bits per heavy atom. The van der Waals surface area contributed by atoms with Crippen LogP contribution in [-0.4, -0.2) is 32.9 Å². The van der Waals surface area contributed by atoms with E-state index in [0.29, 0.717) is 29.9 Å². The lowest BCUT2D eigenvalue weighted by molar-refractivity contribution is 0.0728. The van der Waals surface area contributed by atoms with E-state index in [1.165, 1.54) is 6.20 Å². The van der Waals surface area contributed by atoms with Gasteiger partial charge in [0, 0.05) is 7.05 Å². The van der Waals surface area contributed by atoms with Crippen LogP contribution in [0, 0.1) is 0 Å². The summed E-state index contributed by atoms with van der Waals surface area (Å²) in [5, 5.41) is 8.64. The molecule has 2 aromatic rings. The highest BCUT2D eigenvalue weighted by Crippen LogP contribution is 2.16. The van der Waals surface area contributed by atoms with Gasteiger partial charge in [0.1, 0.15) is 12.1 Å². The van der Waals surface area contributed by atoms with Crippen molar-refractivity contribution in [3.05, 3.63) is 16.6 Å². The minimum atomic E-state index is -0.331. The molecule has 0 unspecified atom stereocenters. The number of nitrogens with one attached hydrogen (secondary N) is 1. The standard InChI is InChI=1S/C12H19N5O3/c1-4-6-19-15-11-10-9(8-13-16(10)3)12(18)17(14-11)20-7-5-2/h8H,4-7H2,1-3H3,(H,14,15). The summed E-state index contributed by atoms with van der Waals surface area (Å²) in [7, 11) is 1.74. The van der Waals surface area contributed by atoms with Crippen LogP contribution < -0.4 is 15.9 Å². The Labute approximate surface area is 116 Å². The van der Waals surface area contributed by atoms with E-state index >= 15 is 0 Å². The molecule has 2 aromatic heterocycles. The van der Waals surface area contributed by atoms with Gasteiger partial charge in [0.25, 0.3) is 0 Å². The number of nitrogens with zero attached hydrogens (tertiary/aromatic N) is 4. The molecular weight excluding hydrogens is 262 g/mol. The highest BCUT2D eigenvalue weighted by molar-refractivity contribution is 5.86. The Morgan fingerprint density at radius 3 is 2.75 bits per heavy atom. The molecule has 0 bridgehead atoms. The highest BCUT2D eigenvalue weighted by atomic mass is 16.7. The second kappa shape index (κ2) is 6.38. The van der Waals surface area contributed by atoms with Gasteiger partial charge in [0.05, 0.1) is 18.2 Å². The predicted octanol–water partition coefficient (Wildman–Crippen LogP) is 0.722. The van der Waals surface area contributed by atoms with Gasteiger partial charge >= 0.3 is 5.56 Å². The van der Waals surface area contributed by atoms with Crippen molar-refractivity contribution in [3.63, 3.8) is 0 Å². The molecule has 0 aliphatic rings. The lowest BCUT2D eigenvalue weighted by Crippen LogP contribution is -2.31. The minimum absolute atomic E-state index is 0.331. The Morgan fingerprint density at radius 2 is 2.05 bits per heavy atom. The van der Waals surface area contributed by atoms with Gasteiger partial charge < -0.3 is 4.84 Å². The smallest absolute Gasteiger partial charge is 0.314 e. The number of aromatic nitrogens is 4. The van der Waals surface area contributed by atoms with Crippen molar-refractivity contribution in [2.75, 3.05) is 18.7 Å². The fourth-order valence-electron chi connectivity index (χ4n) is 1.72. The van der Waals surface area contributed by atoms with Crippen molar-refractivity contribution in [3.8, 4) is 0 Å². The Kier molecular flexibility index (Phi) is 4.57. The van der Waals surface area contributed by atoms with E-state index in [9.17, 15) is 4.79 Å². The molecule has 8 nitrogen and oxygen atoms in total. The van der Waals surface area contributed by atoms with E-state index in [2.05, 4.69) is 15.7 Å². The van der Waals surface area contributed by atoms with Crippen molar-refractivity contribution >= 4 is 16.7 Å². The molecule has 1 N–H and O–H groups in total. The molecule has 0 fully saturated rings. The fraction of sp³-hybridized carbons (Fsp3) is 0.583. The summed E-state index contributed by atoms with van der Waals surface area (Å²) in [5.74, 6) is 0.407. The zero-order valence-electron chi connectivity index (χ0n) is 11.9. The zero-order valence-corrected chi connectivity index (χ0v) is 11.9. The van der Waals surface area contributed by atoms with E-state index in [4.69, 9.17) is 9.68 Å². The molecule has 8 heteroatoms. The average molecular weight is 281 g/mol. The molecule has 0 aliphatic carbocycles. The molecule has 2 heterocycles. The number of hydrogen-bond acceptors (Lipinski definition) is 6. The van der Waals surface area contributed by atoms with Gasteiger partial charge in [-0.2, -0.15) is 5.10 Å². The number of hydrogen-bond donors (Lipinski definition) is 1. The van der Waals surface area contributed by atoms with Gasteiger partial charge in [-0.25, -0.2) is 5.48 Å². The number of aryl methyl sites for hydroxylation is 1. The minimum Gasteiger partial charge on any atom is -0.394 e. The van der Waals surface area contributed by atoms with Crippen LogP contribution in [0.1, 0.15) is 26.7 Å². The van der Waals surface area contributed by atoms with Crippen LogP contribution in [0.2, 0.25) is 0 Å². The molecule has 2 rings (SSSR count). The topological polar surface area (TPSA) is 83.2 Å². The van der Waals surface area contributed by atoms with E-state index in [0.717, 1.165) is 17.7 Å². The molecule has 0 aromatic carbocycles. The third-order valence-corrected chi connectivity index (χ3v) is 2.65. The third-order valence-electron chi connectivity index (χ3n) is 2.65. The van der Waals surface area contributed by atoms with Gasteiger partial charge in [0.15, 0.2) is 5.82 Å². The molecular formula is C12H19N5O3. The van der Waals surface area contributed by atoms with Crippen molar-refractivity contribution in [1.29, 1.82) is 0 Å². The van der Waals surface area contributed by atoms with Crippen LogP contribution in [0.4, 0.5) is 5.82 Å². The monoisotopic (exact) mass is 281 g/mol. The Hall–Kier alpha value is -2.09. The quantitative estimate of drug-likeness (QED) is 0.595. The maximum Gasteiger partial charge on any atom is 0.314 e. The Balaban J connectivity index is 2.44. The first-order valence-electron chi connectivity index (χ1n) is 6.65. The van der Waals surface area contributed by atoms with E-state index in [1.54, 1.807) is 11.7 Å². The summed E-state index contributed by atoms with van der Waals surface area (Å²) in [4.78, 5) is 23.7. The van der Waals surface area contributed by atoms with Crippen LogP contribution >= 0.6 is 0 Å². The van der Waals surface area contributed by atoms with Crippen LogP contribution in [0.5, 0.6) is 0 Å². The van der Waals surface area contributed by atoms with Gasteiger partial charge in [-0.3, -0.25) is 14.3 Å². The molecule has 0 spiro atoms. The largest absolute Gasteiger partial charge is 0.394 e. The lowest BCUT2D eigenvalue weighted by atomic mass is 10.3. The summed E-state index contributed by atoms with van der Waals surface area (Å²) < 4.78 is 1.57. The van der Waals surface area contributed by atoms with Gasteiger partial charge in [-0.1, -0.05) is 18.7 Å². The molecule has 0 atom stereocenters. The number of rotatable bonds is 7. The van der Waals surface area contributed by atoms with Crippen molar-refractivity contribution < 1.29 is 9.68 Å². The van der Waals surface area contributed by atoms with Crippen LogP contribution in [-0.2, 0) is 11.9 Å². The molecule has 0 saturated carbocycles. The average Bonchev–Trinajstić information content (AvgIpc) is 2.83. The zero-order chi connectivity index (χ0) is 14.5.